The Bertz CT molecular complexity index is 353. The van der Waals surface area contributed by atoms with Gasteiger partial charge in [-0.3, -0.25) is 14.5 Å². The second kappa shape index (κ2) is 4.42. The first-order valence-corrected chi connectivity index (χ1v) is 5.97. The van der Waals surface area contributed by atoms with Crippen LogP contribution in [0.2, 0.25) is 0 Å². The molecule has 4 unspecified atom stereocenters. The fourth-order valence-corrected chi connectivity index (χ4v) is 3.43. The van der Waals surface area contributed by atoms with Gasteiger partial charge in [0.1, 0.15) is 0 Å². The molecule has 17 heavy (non-hydrogen) atoms. The van der Waals surface area contributed by atoms with Gasteiger partial charge >= 0.3 is 0 Å². The first-order valence-electron chi connectivity index (χ1n) is 5.97. The summed E-state index contributed by atoms with van der Waals surface area (Å²) in [6, 6.07) is 0. The Morgan fingerprint density at radius 2 is 1.71 bits per heavy atom. The van der Waals surface area contributed by atoms with Crippen molar-refractivity contribution in [2.45, 2.75) is 12.8 Å². The molecule has 2 N–H and O–H groups in total. The molecule has 4 atom stereocenters. The third kappa shape index (κ3) is 1.62. The second-order valence-electron chi connectivity index (χ2n) is 4.97. The van der Waals surface area contributed by atoms with Crippen molar-refractivity contribution in [3.8, 4) is 0 Å². The average molecular weight is 257 g/mol. The maximum absolute atomic E-state index is 12.1. The molecular weight excluding hydrogens is 240 g/mol. The number of hydrogen-bond acceptors (Lipinski definition) is 3. The molecule has 2 bridgehead atoms. The number of nitrogens with zero attached hydrogens (tertiary/aromatic N) is 1. The van der Waals surface area contributed by atoms with Crippen LogP contribution in [0.25, 0.3) is 0 Å². The average Bonchev–Trinajstić information content (AvgIpc) is 2.92. The summed E-state index contributed by atoms with van der Waals surface area (Å²) in [7, 11) is 0. The predicted molar refractivity (Wildman–Crippen MR) is 65.4 cm³/mol. The number of fused-ring (bicyclic) bond motifs is 5. The fourth-order valence-electron chi connectivity index (χ4n) is 3.43. The normalized spacial score (nSPS) is 37.6. The van der Waals surface area contributed by atoms with Gasteiger partial charge in [0.2, 0.25) is 11.8 Å². The number of halogens is 1. The number of nitrogens with two attached hydrogens (primary N) is 1. The van der Waals surface area contributed by atoms with E-state index in [1.165, 1.54) is 4.90 Å². The van der Waals surface area contributed by atoms with Crippen LogP contribution in [0.15, 0.2) is 12.2 Å². The number of allylic oxidation sites excluding steroid dienone is 2. The van der Waals surface area contributed by atoms with Crippen molar-refractivity contribution in [3.05, 3.63) is 12.2 Å². The Labute approximate surface area is 107 Å². The van der Waals surface area contributed by atoms with Gasteiger partial charge in [0.05, 0.1) is 11.8 Å². The van der Waals surface area contributed by atoms with Crippen molar-refractivity contribution in [3.63, 3.8) is 0 Å². The Kier molecular flexibility index (Phi) is 3.27. The maximum atomic E-state index is 12.1. The van der Waals surface area contributed by atoms with Gasteiger partial charge in [-0.25, -0.2) is 0 Å². The highest BCUT2D eigenvalue weighted by Gasteiger charge is 2.58. The van der Waals surface area contributed by atoms with Crippen LogP contribution in [-0.2, 0) is 9.59 Å². The number of carbonyl (C=O) groups excluding carboxylic acids is 2. The summed E-state index contributed by atoms with van der Waals surface area (Å²) < 4.78 is 0. The highest BCUT2D eigenvalue weighted by Crippen LogP contribution is 2.52. The molecule has 3 rings (SSSR count). The molecule has 0 radical (unpaired) electrons. The van der Waals surface area contributed by atoms with E-state index in [9.17, 15) is 9.59 Å². The number of hydrogen-bond donors (Lipinski definition) is 1. The predicted octanol–water partition coefficient (Wildman–Crippen LogP) is 0.564. The van der Waals surface area contributed by atoms with Crippen molar-refractivity contribution in [1.29, 1.82) is 0 Å². The summed E-state index contributed by atoms with van der Waals surface area (Å²) >= 11 is 0. The maximum Gasteiger partial charge on any atom is 0.233 e. The van der Waals surface area contributed by atoms with E-state index in [1.807, 2.05) is 0 Å². The first-order chi connectivity index (χ1) is 7.74. The second-order valence-corrected chi connectivity index (χ2v) is 4.97. The smallest absolute Gasteiger partial charge is 0.233 e. The van der Waals surface area contributed by atoms with Gasteiger partial charge < -0.3 is 5.73 Å². The Morgan fingerprint density at radius 1 is 1.18 bits per heavy atom. The summed E-state index contributed by atoms with van der Waals surface area (Å²) in [4.78, 5) is 25.7. The molecule has 1 saturated carbocycles. The van der Waals surface area contributed by atoms with Gasteiger partial charge in [0.15, 0.2) is 0 Å². The first kappa shape index (κ1) is 12.6. The molecule has 2 aliphatic carbocycles. The van der Waals surface area contributed by atoms with Crippen LogP contribution in [-0.4, -0.2) is 29.8 Å². The van der Waals surface area contributed by atoms with Crippen LogP contribution in [0.4, 0.5) is 0 Å². The molecule has 1 heterocycles. The van der Waals surface area contributed by atoms with Gasteiger partial charge in [0, 0.05) is 6.54 Å². The number of carbonyl (C=O) groups is 2. The molecule has 2 amide bonds. The Morgan fingerprint density at radius 3 is 2.18 bits per heavy atom. The monoisotopic (exact) mass is 256 g/mol. The summed E-state index contributed by atoms with van der Waals surface area (Å²) in [6.07, 6.45) is 5.93. The summed E-state index contributed by atoms with van der Waals surface area (Å²) in [6.45, 7) is 1.03. The van der Waals surface area contributed by atoms with Gasteiger partial charge in [-0.05, 0) is 31.2 Å². The summed E-state index contributed by atoms with van der Waals surface area (Å²) in [5, 5.41) is 0. The van der Waals surface area contributed by atoms with E-state index >= 15 is 0 Å². The third-order valence-electron chi connectivity index (χ3n) is 4.15. The van der Waals surface area contributed by atoms with Crippen LogP contribution in [0.1, 0.15) is 12.8 Å². The Balaban J connectivity index is 0.00000108. The van der Waals surface area contributed by atoms with Crippen LogP contribution in [0.5, 0.6) is 0 Å². The zero-order valence-electron chi connectivity index (χ0n) is 9.54. The van der Waals surface area contributed by atoms with Crippen molar-refractivity contribution in [2.24, 2.45) is 29.4 Å². The van der Waals surface area contributed by atoms with Gasteiger partial charge in [0.25, 0.3) is 0 Å². The molecule has 0 aromatic rings. The van der Waals surface area contributed by atoms with E-state index < -0.39 is 0 Å². The zero-order valence-corrected chi connectivity index (χ0v) is 10.4. The molecule has 1 saturated heterocycles. The fraction of sp³-hybridized carbons (Fsp3) is 0.667. The molecule has 94 valence electrons. The van der Waals surface area contributed by atoms with Crippen molar-refractivity contribution in [2.75, 3.05) is 13.1 Å². The standard InChI is InChI=1S/C12H16N2O2.ClH/c13-4-1-5-14-11(15)9-7-2-3-8(6-7)10(9)12(14)16;/h2-3,7-10H,1,4-6,13H2;1H. The van der Waals surface area contributed by atoms with Crippen LogP contribution >= 0.6 is 12.4 Å². The van der Waals surface area contributed by atoms with Crippen LogP contribution in [0.3, 0.4) is 0 Å². The van der Waals surface area contributed by atoms with Gasteiger partial charge in [-0.15, -0.1) is 12.4 Å². The van der Waals surface area contributed by atoms with Gasteiger partial charge in [-0.1, -0.05) is 12.2 Å². The molecule has 0 aromatic heterocycles. The number of rotatable bonds is 3. The van der Waals surface area contributed by atoms with Crippen LogP contribution < -0.4 is 5.73 Å². The van der Waals surface area contributed by atoms with E-state index in [0.29, 0.717) is 31.3 Å². The molecule has 0 aromatic carbocycles. The minimum absolute atomic E-state index is 0. The number of likely N-dealkylation sites (tertiary alicyclic amines) is 1. The van der Waals surface area contributed by atoms with Crippen LogP contribution in [0, 0.1) is 23.7 Å². The van der Waals surface area contributed by atoms with E-state index in [0.717, 1.165) is 6.42 Å². The highest BCUT2D eigenvalue weighted by atomic mass is 35.5. The molecule has 2 fully saturated rings. The molecule has 3 aliphatic rings. The minimum atomic E-state index is -0.0553. The van der Waals surface area contributed by atoms with Crippen molar-refractivity contribution >= 4 is 24.2 Å². The highest BCUT2D eigenvalue weighted by molar-refractivity contribution is 6.06. The van der Waals surface area contributed by atoms with Crippen molar-refractivity contribution < 1.29 is 9.59 Å². The Hall–Kier alpha value is -0.870. The molecule has 5 heteroatoms. The number of imide groups is 1. The quantitative estimate of drug-likeness (QED) is 0.593. The molecule has 1 aliphatic heterocycles. The number of amides is 2. The van der Waals surface area contributed by atoms with Crippen molar-refractivity contribution in [1.82, 2.24) is 4.90 Å². The largest absolute Gasteiger partial charge is 0.330 e. The third-order valence-corrected chi connectivity index (χ3v) is 4.15. The summed E-state index contributed by atoms with van der Waals surface area (Å²) in [5.74, 6) is 0.602. The molecular formula is C12H17ClN2O2. The van der Waals surface area contributed by atoms with E-state index in [2.05, 4.69) is 12.2 Å². The minimum Gasteiger partial charge on any atom is -0.330 e. The van der Waals surface area contributed by atoms with E-state index in [4.69, 9.17) is 5.73 Å². The van der Waals surface area contributed by atoms with E-state index in [1.54, 1.807) is 0 Å². The molecule has 0 spiro atoms. The lowest BCUT2D eigenvalue weighted by Crippen LogP contribution is -2.34. The van der Waals surface area contributed by atoms with E-state index in [-0.39, 0.29) is 36.1 Å². The SMILES string of the molecule is Cl.NCCCN1C(=O)C2C3C=CC(C3)C2C1=O. The lowest BCUT2D eigenvalue weighted by atomic mass is 9.85. The topological polar surface area (TPSA) is 63.4 Å². The lowest BCUT2D eigenvalue weighted by molar-refractivity contribution is -0.140. The zero-order chi connectivity index (χ0) is 11.3. The molecule has 4 nitrogen and oxygen atoms in total. The summed E-state index contributed by atoms with van der Waals surface area (Å²) in [5.41, 5.74) is 5.42. The van der Waals surface area contributed by atoms with Gasteiger partial charge in [-0.2, -0.15) is 0 Å². The lowest BCUT2D eigenvalue weighted by Gasteiger charge is -2.16.